The van der Waals surface area contributed by atoms with Gasteiger partial charge in [-0.1, -0.05) is 158 Å². The first kappa shape index (κ1) is 33.5. The molecule has 59 heavy (non-hydrogen) atoms. The van der Waals surface area contributed by atoms with Crippen LogP contribution in [-0.2, 0) is 5.41 Å². The molecular weight excluding hydrogens is 721 g/mol. The van der Waals surface area contributed by atoms with E-state index in [1.165, 1.54) is 38.9 Å². The Morgan fingerprint density at radius 3 is 1.46 bits per heavy atom. The summed E-state index contributed by atoms with van der Waals surface area (Å²) in [5.74, 6) is 1.51. The van der Waals surface area contributed by atoms with Gasteiger partial charge in [-0.2, -0.15) is 0 Å². The number of ether oxygens (including phenoxy) is 2. The normalized spacial score (nSPS) is 13.4. The van der Waals surface area contributed by atoms with Crippen LogP contribution in [0.1, 0.15) is 22.3 Å². The van der Waals surface area contributed by atoms with E-state index in [4.69, 9.17) is 13.9 Å². The van der Waals surface area contributed by atoms with E-state index in [1.54, 1.807) is 0 Å². The molecule has 0 radical (unpaired) electrons. The summed E-state index contributed by atoms with van der Waals surface area (Å²) in [6.45, 7) is 0.192. The van der Waals surface area contributed by atoms with E-state index in [0.29, 0.717) is 0 Å². The maximum absolute atomic E-state index is 6.56. The summed E-state index contributed by atoms with van der Waals surface area (Å²) in [7, 11) is 0. The number of fused-ring (bicyclic) bond motifs is 8. The summed E-state index contributed by atoms with van der Waals surface area (Å²) in [4.78, 5) is 0. The van der Waals surface area contributed by atoms with Gasteiger partial charge < -0.3 is 13.9 Å². The zero-order valence-electron chi connectivity index (χ0n) is 32.1. The molecule has 0 saturated heterocycles. The molecule has 0 bridgehead atoms. The Labute approximate surface area is 342 Å². The molecule has 1 aromatic heterocycles. The molecule has 1 aliphatic heterocycles. The molecule has 10 aromatic rings. The minimum atomic E-state index is -0.738. The highest BCUT2D eigenvalue weighted by molar-refractivity contribution is 6.15. The lowest BCUT2D eigenvalue weighted by molar-refractivity contribution is 0.174. The summed E-state index contributed by atoms with van der Waals surface area (Å²) in [6.07, 6.45) is 0. The molecule has 0 fully saturated rings. The van der Waals surface area contributed by atoms with Crippen molar-refractivity contribution in [2.45, 2.75) is 5.41 Å². The van der Waals surface area contributed by atoms with Crippen LogP contribution in [0.25, 0.3) is 77.6 Å². The zero-order chi connectivity index (χ0) is 38.9. The Hall–Kier alpha value is -7.62. The second-order valence-electron chi connectivity index (χ2n) is 15.5. The number of furan rings is 1. The number of hydrogen-bond donors (Lipinski definition) is 0. The standard InChI is InChI=1S/C56H36O3/c1-3-13-36(14-4-1)38-17-9-19-40(29-38)42-21-11-23-44(31-42)56(45-24-12-22-43(32-45)41-20-10-18-39(30-41)37-15-5-2-6-16-37)48-27-28-51-55(46-25-7-8-26-50(46)59-51)54(48)47-33-52-53(34-49(47)56)58-35-57-52/h1-34H,35H2. The van der Waals surface area contributed by atoms with Crippen molar-refractivity contribution in [1.82, 2.24) is 0 Å². The molecule has 0 amide bonds. The van der Waals surface area contributed by atoms with Gasteiger partial charge in [-0.3, -0.25) is 0 Å². The third-order valence-electron chi connectivity index (χ3n) is 12.3. The summed E-state index contributed by atoms with van der Waals surface area (Å²) < 4.78 is 18.8. The molecule has 278 valence electrons. The Morgan fingerprint density at radius 1 is 0.356 bits per heavy atom. The smallest absolute Gasteiger partial charge is 0.231 e. The molecule has 3 nitrogen and oxygen atoms in total. The van der Waals surface area contributed by atoms with Gasteiger partial charge in [0.15, 0.2) is 11.5 Å². The molecule has 0 N–H and O–H groups in total. The molecule has 0 saturated carbocycles. The lowest BCUT2D eigenvalue weighted by Crippen LogP contribution is -2.28. The molecule has 0 unspecified atom stereocenters. The second-order valence-corrected chi connectivity index (χ2v) is 15.5. The van der Waals surface area contributed by atoms with Gasteiger partial charge in [0, 0.05) is 10.8 Å². The predicted octanol–water partition coefficient (Wildman–Crippen LogP) is 14.3. The predicted molar refractivity (Wildman–Crippen MR) is 239 cm³/mol. The highest BCUT2D eigenvalue weighted by Gasteiger charge is 2.48. The summed E-state index contributed by atoms with van der Waals surface area (Å²) in [5, 5.41) is 2.20. The van der Waals surface area contributed by atoms with Crippen LogP contribution in [0, 0.1) is 0 Å². The van der Waals surface area contributed by atoms with Gasteiger partial charge in [0.25, 0.3) is 0 Å². The number of rotatable bonds is 6. The molecule has 2 heterocycles. The van der Waals surface area contributed by atoms with Gasteiger partial charge >= 0.3 is 0 Å². The van der Waals surface area contributed by atoms with Gasteiger partial charge in [-0.25, -0.2) is 0 Å². The number of benzene rings is 9. The maximum Gasteiger partial charge on any atom is 0.231 e. The van der Waals surface area contributed by atoms with Crippen molar-refractivity contribution in [1.29, 1.82) is 0 Å². The largest absolute Gasteiger partial charge is 0.456 e. The molecular formula is C56H36O3. The third kappa shape index (κ3) is 5.21. The van der Waals surface area contributed by atoms with Crippen molar-refractivity contribution in [2.24, 2.45) is 0 Å². The molecule has 12 rings (SSSR count). The Bertz CT molecular complexity index is 3120. The monoisotopic (exact) mass is 756 g/mol. The lowest BCUT2D eigenvalue weighted by atomic mass is 9.67. The maximum atomic E-state index is 6.56. The fraction of sp³-hybridized carbons (Fsp3) is 0.0357. The molecule has 0 spiro atoms. The Morgan fingerprint density at radius 2 is 0.847 bits per heavy atom. The first-order valence-electron chi connectivity index (χ1n) is 20.1. The molecule has 1 aliphatic carbocycles. The highest BCUT2D eigenvalue weighted by atomic mass is 16.7. The van der Waals surface area contributed by atoms with Crippen molar-refractivity contribution in [3.8, 4) is 67.1 Å². The van der Waals surface area contributed by atoms with Gasteiger partial charge in [0.1, 0.15) is 11.2 Å². The summed E-state index contributed by atoms with van der Waals surface area (Å²) in [5.41, 5.74) is 17.4. The van der Waals surface area contributed by atoms with Crippen LogP contribution in [0.15, 0.2) is 211 Å². The van der Waals surface area contributed by atoms with Crippen molar-refractivity contribution < 1.29 is 13.9 Å². The van der Waals surface area contributed by atoms with E-state index in [2.05, 4.69) is 200 Å². The topological polar surface area (TPSA) is 31.6 Å². The van der Waals surface area contributed by atoms with Gasteiger partial charge in [-0.15, -0.1) is 0 Å². The SMILES string of the molecule is c1ccc(-c2cccc(-c3cccc(C4(c5cccc(-c6cccc(-c7ccccc7)c6)c5)c5cc6c(cc5-c5c4ccc4oc7ccccc7c54)OCO6)c3)c2)cc1. The third-order valence-corrected chi connectivity index (χ3v) is 12.3. The minimum absolute atomic E-state index is 0.192. The first-order chi connectivity index (χ1) is 29.2. The fourth-order valence-electron chi connectivity index (χ4n) is 9.68. The van der Waals surface area contributed by atoms with Gasteiger partial charge in [-0.05, 0) is 126 Å². The van der Waals surface area contributed by atoms with E-state index >= 15 is 0 Å². The van der Waals surface area contributed by atoms with E-state index in [9.17, 15) is 0 Å². The van der Waals surface area contributed by atoms with Crippen LogP contribution in [0.2, 0.25) is 0 Å². The number of hydrogen-bond acceptors (Lipinski definition) is 3. The summed E-state index contributed by atoms with van der Waals surface area (Å²) >= 11 is 0. The van der Waals surface area contributed by atoms with Crippen molar-refractivity contribution >= 4 is 21.9 Å². The van der Waals surface area contributed by atoms with Crippen LogP contribution < -0.4 is 9.47 Å². The van der Waals surface area contributed by atoms with Crippen LogP contribution in [0.3, 0.4) is 0 Å². The van der Waals surface area contributed by atoms with E-state index in [1.807, 2.05) is 6.07 Å². The first-order valence-corrected chi connectivity index (χ1v) is 20.1. The van der Waals surface area contributed by atoms with E-state index < -0.39 is 5.41 Å². The molecule has 3 heteroatoms. The minimum Gasteiger partial charge on any atom is -0.456 e. The Balaban J connectivity index is 1.15. The van der Waals surface area contributed by atoms with Crippen molar-refractivity contribution in [2.75, 3.05) is 6.79 Å². The fourth-order valence-corrected chi connectivity index (χ4v) is 9.68. The quantitative estimate of drug-likeness (QED) is 0.169. The van der Waals surface area contributed by atoms with Crippen molar-refractivity contribution in [3.63, 3.8) is 0 Å². The zero-order valence-corrected chi connectivity index (χ0v) is 32.1. The van der Waals surface area contributed by atoms with Crippen LogP contribution in [0.5, 0.6) is 11.5 Å². The molecule has 9 aromatic carbocycles. The second kappa shape index (κ2) is 13.2. The molecule has 0 atom stereocenters. The van der Waals surface area contributed by atoms with E-state index in [0.717, 1.165) is 72.4 Å². The van der Waals surface area contributed by atoms with Crippen LogP contribution >= 0.6 is 0 Å². The van der Waals surface area contributed by atoms with Crippen LogP contribution in [0.4, 0.5) is 0 Å². The van der Waals surface area contributed by atoms with Crippen LogP contribution in [-0.4, -0.2) is 6.79 Å². The van der Waals surface area contributed by atoms with Gasteiger partial charge in [0.2, 0.25) is 6.79 Å². The average Bonchev–Trinajstić information content (AvgIpc) is 4.02. The lowest BCUT2D eigenvalue weighted by Gasteiger charge is -2.34. The Kier molecular flexibility index (Phi) is 7.51. The highest BCUT2D eigenvalue weighted by Crippen LogP contribution is 2.61. The van der Waals surface area contributed by atoms with Crippen molar-refractivity contribution in [3.05, 3.63) is 229 Å². The summed E-state index contributed by atoms with van der Waals surface area (Å²) in [6, 6.07) is 74.5. The number of para-hydroxylation sites is 1. The molecule has 2 aliphatic rings. The van der Waals surface area contributed by atoms with Gasteiger partial charge in [0.05, 0.1) is 5.41 Å². The van der Waals surface area contributed by atoms with E-state index in [-0.39, 0.29) is 6.79 Å². The average molecular weight is 757 g/mol.